The highest BCUT2D eigenvalue weighted by molar-refractivity contribution is 9.10. The number of amides is 2. The number of rotatable bonds is 7. The molecule has 0 radical (unpaired) electrons. The molecule has 1 aromatic carbocycles. The van der Waals surface area contributed by atoms with E-state index in [1.165, 1.54) is 18.4 Å². The number of hydrogen-bond donors (Lipinski definition) is 1. The van der Waals surface area contributed by atoms with Gasteiger partial charge in [-0.2, -0.15) is 0 Å². The largest absolute Gasteiger partial charge is 0.469 e. The van der Waals surface area contributed by atoms with E-state index in [0.29, 0.717) is 30.1 Å². The van der Waals surface area contributed by atoms with Crippen LogP contribution in [0.1, 0.15) is 47.3 Å². The van der Waals surface area contributed by atoms with Gasteiger partial charge in [-0.1, -0.05) is 45.0 Å². The highest BCUT2D eigenvalue weighted by Gasteiger charge is 2.35. The SMILES string of the molecule is COC(=O)C1CCN(C(=O)C(Cc2ccc(-c3ncc(Br)cn3)cc2)NC(=O)c2ccc(C(C)(C)C)s2)C1. The number of thiophene rings is 1. The number of carbonyl (C=O) groups excluding carboxylic acids is 3. The van der Waals surface area contributed by atoms with E-state index in [1.807, 2.05) is 30.3 Å². The quantitative estimate of drug-likeness (QED) is 0.398. The average molecular weight is 600 g/mol. The number of likely N-dealkylation sites (tertiary alicyclic amines) is 1. The van der Waals surface area contributed by atoms with Gasteiger partial charge in [0.05, 0.1) is 22.4 Å². The normalized spacial score (nSPS) is 16.2. The Bertz CT molecular complexity index is 1300. The number of hydrogen-bond acceptors (Lipinski definition) is 7. The highest BCUT2D eigenvalue weighted by Crippen LogP contribution is 2.29. The Labute approximate surface area is 235 Å². The maximum atomic E-state index is 13.6. The minimum atomic E-state index is -0.783. The molecule has 10 heteroatoms. The summed E-state index contributed by atoms with van der Waals surface area (Å²) in [6, 6.07) is 10.6. The lowest BCUT2D eigenvalue weighted by molar-refractivity contribution is -0.145. The molecule has 3 aromatic rings. The van der Waals surface area contributed by atoms with Crippen LogP contribution in [-0.2, 0) is 26.2 Å². The van der Waals surface area contributed by atoms with Gasteiger partial charge in [0.1, 0.15) is 6.04 Å². The molecular formula is C28H31BrN4O4S. The van der Waals surface area contributed by atoms with E-state index >= 15 is 0 Å². The second-order valence-electron chi connectivity index (χ2n) is 10.4. The molecule has 2 atom stereocenters. The first-order valence-electron chi connectivity index (χ1n) is 12.4. The Morgan fingerprint density at radius 3 is 2.42 bits per heavy atom. The number of nitrogens with one attached hydrogen (secondary N) is 1. The van der Waals surface area contributed by atoms with E-state index in [9.17, 15) is 14.4 Å². The molecule has 1 aliphatic heterocycles. The Kier molecular flexibility index (Phi) is 8.62. The van der Waals surface area contributed by atoms with Gasteiger partial charge < -0.3 is 15.0 Å². The van der Waals surface area contributed by atoms with Crippen molar-refractivity contribution in [3.8, 4) is 11.4 Å². The summed E-state index contributed by atoms with van der Waals surface area (Å²) < 4.78 is 5.66. The van der Waals surface area contributed by atoms with Crippen LogP contribution < -0.4 is 5.32 Å². The van der Waals surface area contributed by atoms with Crippen molar-refractivity contribution in [2.45, 2.75) is 45.1 Å². The molecule has 2 unspecified atom stereocenters. The molecule has 1 N–H and O–H groups in total. The van der Waals surface area contributed by atoms with Gasteiger partial charge >= 0.3 is 5.97 Å². The predicted molar refractivity (Wildman–Crippen MR) is 150 cm³/mol. The summed E-state index contributed by atoms with van der Waals surface area (Å²) in [4.78, 5) is 50.8. The molecule has 0 saturated carbocycles. The molecule has 1 fully saturated rings. The summed E-state index contributed by atoms with van der Waals surface area (Å²) in [5.74, 6) is -0.568. The van der Waals surface area contributed by atoms with Gasteiger partial charge in [-0.05, 0) is 45.5 Å². The van der Waals surface area contributed by atoms with Gasteiger partial charge in [0.15, 0.2) is 5.82 Å². The number of ether oxygens (including phenoxy) is 1. The van der Waals surface area contributed by atoms with Crippen molar-refractivity contribution in [1.29, 1.82) is 0 Å². The fourth-order valence-electron chi connectivity index (χ4n) is 4.32. The number of aromatic nitrogens is 2. The topological polar surface area (TPSA) is 101 Å². The van der Waals surface area contributed by atoms with Crippen LogP contribution in [0.15, 0.2) is 53.3 Å². The molecule has 2 amide bonds. The van der Waals surface area contributed by atoms with Crippen LogP contribution in [0.4, 0.5) is 0 Å². The number of methoxy groups -OCH3 is 1. The summed E-state index contributed by atoms with van der Waals surface area (Å²) in [5, 5.41) is 2.97. The lowest BCUT2D eigenvalue weighted by Gasteiger charge is -2.24. The zero-order valence-electron chi connectivity index (χ0n) is 21.9. The van der Waals surface area contributed by atoms with Gasteiger partial charge in [-0.3, -0.25) is 14.4 Å². The lowest BCUT2D eigenvalue weighted by Crippen LogP contribution is -2.49. The smallest absolute Gasteiger partial charge is 0.310 e. The molecule has 0 aliphatic carbocycles. The number of benzene rings is 1. The van der Waals surface area contributed by atoms with Crippen molar-refractivity contribution in [1.82, 2.24) is 20.2 Å². The molecule has 200 valence electrons. The Morgan fingerprint density at radius 1 is 1.13 bits per heavy atom. The third-order valence-electron chi connectivity index (χ3n) is 6.48. The van der Waals surface area contributed by atoms with Gasteiger partial charge in [0.2, 0.25) is 5.91 Å². The average Bonchev–Trinajstić information content (AvgIpc) is 3.59. The van der Waals surface area contributed by atoms with E-state index in [2.05, 4.69) is 52.0 Å². The van der Waals surface area contributed by atoms with Crippen molar-refractivity contribution < 1.29 is 19.1 Å². The minimum absolute atomic E-state index is 0.0723. The third kappa shape index (κ3) is 6.66. The molecule has 8 nitrogen and oxygen atoms in total. The zero-order valence-corrected chi connectivity index (χ0v) is 24.3. The van der Waals surface area contributed by atoms with Crippen LogP contribution in [0.3, 0.4) is 0 Å². The Hall–Kier alpha value is -3.11. The molecule has 3 heterocycles. The van der Waals surface area contributed by atoms with Gasteiger partial charge in [0.25, 0.3) is 5.91 Å². The van der Waals surface area contributed by atoms with Crippen molar-refractivity contribution in [2.24, 2.45) is 5.92 Å². The van der Waals surface area contributed by atoms with Gasteiger partial charge in [-0.25, -0.2) is 9.97 Å². The second-order valence-corrected chi connectivity index (χ2v) is 12.4. The molecule has 2 aromatic heterocycles. The van der Waals surface area contributed by atoms with E-state index in [0.717, 1.165) is 20.5 Å². The van der Waals surface area contributed by atoms with E-state index < -0.39 is 6.04 Å². The summed E-state index contributed by atoms with van der Waals surface area (Å²) in [6.45, 7) is 7.02. The summed E-state index contributed by atoms with van der Waals surface area (Å²) in [7, 11) is 1.35. The number of esters is 1. The first-order chi connectivity index (χ1) is 18.0. The fourth-order valence-corrected chi connectivity index (χ4v) is 5.49. The standard InChI is InChI=1S/C28H31BrN4O4S/c1-28(2,3)23-10-9-22(38-23)25(34)32-21(26(35)33-12-11-19(16-33)27(36)37-4)13-17-5-7-18(8-6-17)24-30-14-20(29)15-31-24/h5-10,14-15,19,21H,11-13,16H2,1-4H3,(H,32,34). The van der Waals surface area contributed by atoms with E-state index in [4.69, 9.17) is 4.74 Å². The van der Waals surface area contributed by atoms with Crippen molar-refractivity contribution in [3.05, 3.63) is 68.6 Å². The minimum Gasteiger partial charge on any atom is -0.469 e. The Morgan fingerprint density at radius 2 is 1.82 bits per heavy atom. The predicted octanol–water partition coefficient (Wildman–Crippen LogP) is 4.63. The molecule has 0 spiro atoms. The van der Waals surface area contributed by atoms with Crippen molar-refractivity contribution in [3.63, 3.8) is 0 Å². The monoisotopic (exact) mass is 598 g/mol. The van der Waals surface area contributed by atoms with Crippen LogP contribution in [0, 0.1) is 5.92 Å². The van der Waals surface area contributed by atoms with E-state index in [-0.39, 0.29) is 35.7 Å². The number of nitrogens with zero attached hydrogens (tertiary/aromatic N) is 3. The van der Waals surface area contributed by atoms with Crippen LogP contribution in [0.2, 0.25) is 0 Å². The summed E-state index contributed by atoms with van der Waals surface area (Å²) in [5.41, 5.74) is 1.66. The lowest BCUT2D eigenvalue weighted by atomic mass is 9.95. The van der Waals surface area contributed by atoms with E-state index in [1.54, 1.807) is 23.4 Å². The summed E-state index contributed by atoms with van der Waals surface area (Å²) >= 11 is 4.77. The highest BCUT2D eigenvalue weighted by atomic mass is 79.9. The summed E-state index contributed by atoms with van der Waals surface area (Å²) in [6.07, 6.45) is 4.23. The van der Waals surface area contributed by atoms with Crippen molar-refractivity contribution >= 4 is 45.1 Å². The number of halogens is 1. The van der Waals surface area contributed by atoms with Gasteiger partial charge in [-0.15, -0.1) is 11.3 Å². The molecule has 1 aliphatic rings. The second kappa shape index (κ2) is 11.7. The molecular weight excluding hydrogens is 568 g/mol. The molecule has 0 bridgehead atoms. The number of carbonyl (C=O) groups is 3. The Balaban J connectivity index is 1.53. The molecule has 4 rings (SSSR count). The first-order valence-corrected chi connectivity index (χ1v) is 14.0. The maximum Gasteiger partial charge on any atom is 0.310 e. The van der Waals surface area contributed by atoms with Crippen LogP contribution >= 0.6 is 27.3 Å². The first kappa shape index (κ1) is 27.9. The van der Waals surface area contributed by atoms with Crippen molar-refractivity contribution in [2.75, 3.05) is 20.2 Å². The van der Waals surface area contributed by atoms with Crippen LogP contribution in [0.5, 0.6) is 0 Å². The molecule has 1 saturated heterocycles. The fraction of sp³-hybridized carbons (Fsp3) is 0.393. The third-order valence-corrected chi connectivity index (χ3v) is 8.40. The molecule has 38 heavy (non-hydrogen) atoms. The van der Waals surface area contributed by atoms with Crippen LogP contribution in [0.25, 0.3) is 11.4 Å². The zero-order chi connectivity index (χ0) is 27.4. The van der Waals surface area contributed by atoms with Gasteiger partial charge in [0, 0.05) is 42.3 Å². The maximum absolute atomic E-state index is 13.6. The van der Waals surface area contributed by atoms with Crippen LogP contribution in [-0.4, -0.2) is 58.9 Å².